The Kier molecular flexibility index (Phi) is 3.06. The molecule has 1 aromatic rings. The summed E-state index contributed by atoms with van der Waals surface area (Å²) in [6, 6.07) is 3.74. The number of anilines is 1. The molecule has 0 aromatic carbocycles. The van der Waals surface area contributed by atoms with E-state index in [1.807, 2.05) is 12.1 Å². The summed E-state index contributed by atoms with van der Waals surface area (Å²) in [5.74, 6) is 1.60. The Hall–Kier alpha value is -1.29. The van der Waals surface area contributed by atoms with Crippen molar-refractivity contribution >= 4 is 5.82 Å². The maximum absolute atomic E-state index is 9.59. The van der Waals surface area contributed by atoms with E-state index in [4.69, 9.17) is 4.74 Å². The molecular weight excluding hydrogens is 192 g/mol. The molecule has 82 valence electrons. The number of hydrogen-bond acceptors (Lipinski definition) is 4. The zero-order chi connectivity index (χ0) is 10.7. The lowest BCUT2D eigenvalue weighted by Crippen LogP contribution is -2.38. The summed E-state index contributed by atoms with van der Waals surface area (Å²) in [5.41, 5.74) is 0. The average Bonchev–Trinajstić information content (AvgIpc) is 2.29. The summed E-state index contributed by atoms with van der Waals surface area (Å²) in [6.45, 7) is 1.58. The second kappa shape index (κ2) is 4.49. The summed E-state index contributed by atoms with van der Waals surface area (Å²) in [5, 5.41) is 9.59. The number of nitrogens with zero attached hydrogens (tertiary/aromatic N) is 2. The molecule has 0 bridgehead atoms. The standard InChI is InChI=1S/C11H16N2O2/c1-15-10-5-2-6-12-11(10)13-7-3-4-9(14)8-13/h2,5-6,9,14H,3-4,7-8H2,1H3. The third-order valence-electron chi connectivity index (χ3n) is 2.67. The van der Waals surface area contributed by atoms with Gasteiger partial charge in [-0.25, -0.2) is 4.98 Å². The van der Waals surface area contributed by atoms with E-state index in [-0.39, 0.29) is 6.10 Å². The molecule has 0 spiro atoms. The van der Waals surface area contributed by atoms with Gasteiger partial charge in [0, 0.05) is 19.3 Å². The molecule has 0 radical (unpaired) electrons. The molecule has 1 unspecified atom stereocenters. The molecule has 0 saturated carbocycles. The number of hydrogen-bond donors (Lipinski definition) is 1. The largest absolute Gasteiger partial charge is 0.493 e. The molecule has 0 aliphatic carbocycles. The van der Waals surface area contributed by atoms with Crippen molar-refractivity contribution in [3.63, 3.8) is 0 Å². The van der Waals surface area contributed by atoms with Crippen LogP contribution in [0.15, 0.2) is 18.3 Å². The van der Waals surface area contributed by atoms with Crippen molar-refractivity contribution in [3.05, 3.63) is 18.3 Å². The molecule has 1 aromatic heterocycles. The lowest BCUT2D eigenvalue weighted by atomic mass is 10.1. The molecule has 0 amide bonds. The van der Waals surface area contributed by atoms with Gasteiger partial charge in [0.05, 0.1) is 13.2 Å². The van der Waals surface area contributed by atoms with Gasteiger partial charge >= 0.3 is 0 Å². The Balaban J connectivity index is 2.20. The number of aliphatic hydroxyl groups is 1. The third kappa shape index (κ3) is 2.21. The number of aromatic nitrogens is 1. The fraction of sp³-hybridized carbons (Fsp3) is 0.545. The molecule has 2 rings (SSSR count). The van der Waals surface area contributed by atoms with Gasteiger partial charge in [-0.1, -0.05) is 0 Å². The first kappa shape index (κ1) is 10.2. The average molecular weight is 208 g/mol. The highest BCUT2D eigenvalue weighted by atomic mass is 16.5. The third-order valence-corrected chi connectivity index (χ3v) is 2.67. The highest BCUT2D eigenvalue weighted by Gasteiger charge is 2.20. The fourth-order valence-electron chi connectivity index (χ4n) is 1.93. The predicted octanol–water partition coefficient (Wildman–Crippen LogP) is 1.05. The Bertz CT molecular complexity index is 330. The quantitative estimate of drug-likeness (QED) is 0.789. The lowest BCUT2D eigenvalue weighted by molar-refractivity contribution is 0.153. The SMILES string of the molecule is COc1cccnc1N1CCCC(O)C1. The smallest absolute Gasteiger partial charge is 0.171 e. The van der Waals surface area contributed by atoms with Gasteiger partial charge in [-0.2, -0.15) is 0 Å². The zero-order valence-electron chi connectivity index (χ0n) is 8.89. The van der Waals surface area contributed by atoms with Crippen LogP contribution in [0, 0.1) is 0 Å². The molecular formula is C11H16N2O2. The summed E-state index contributed by atoms with van der Waals surface area (Å²) >= 11 is 0. The molecule has 1 fully saturated rings. The topological polar surface area (TPSA) is 45.6 Å². The molecule has 1 saturated heterocycles. The molecule has 1 aliphatic rings. The number of aliphatic hydroxyl groups excluding tert-OH is 1. The van der Waals surface area contributed by atoms with Crippen LogP contribution in [0.3, 0.4) is 0 Å². The van der Waals surface area contributed by atoms with E-state index < -0.39 is 0 Å². The summed E-state index contributed by atoms with van der Waals surface area (Å²) in [7, 11) is 1.64. The van der Waals surface area contributed by atoms with E-state index in [0.717, 1.165) is 31.0 Å². The number of rotatable bonds is 2. The van der Waals surface area contributed by atoms with E-state index >= 15 is 0 Å². The lowest BCUT2D eigenvalue weighted by Gasteiger charge is -2.31. The van der Waals surface area contributed by atoms with Crippen LogP contribution in [-0.2, 0) is 0 Å². The fourth-order valence-corrected chi connectivity index (χ4v) is 1.93. The van der Waals surface area contributed by atoms with Gasteiger partial charge in [0.1, 0.15) is 0 Å². The maximum Gasteiger partial charge on any atom is 0.171 e. The Morgan fingerprint density at radius 2 is 2.47 bits per heavy atom. The Morgan fingerprint density at radius 1 is 1.60 bits per heavy atom. The Labute approximate surface area is 89.5 Å². The van der Waals surface area contributed by atoms with Crippen molar-refractivity contribution in [2.75, 3.05) is 25.1 Å². The molecule has 1 N–H and O–H groups in total. The molecule has 4 heteroatoms. The maximum atomic E-state index is 9.59. The van der Waals surface area contributed by atoms with Crippen molar-refractivity contribution < 1.29 is 9.84 Å². The highest BCUT2D eigenvalue weighted by molar-refractivity contribution is 5.52. The molecule has 15 heavy (non-hydrogen) atoms. The summed E-state index contributed by atoms with van der Waals surface area (Å²) in [6.07, 6.45) is 3.39. The zero-order valence-corrected chi connectivity index (χ0v) is 8.89. The normalized spacial score (nSPS) is 21.5. The van der Waals surface area contributed by atoms with Gasteiger partial charge in [0.15, 0.2) is 11.6 Å². The van der Waals surface area contributed by atoms with Crippen LogP contribution in [0.4, 0.5) is 5.82 Å². The van der Waals surface area contributed by atoms with E-state index in [0.29, 0.717) is 6.54 Å². The monoisotopic (exact) mass is 208 g/mol. The van der Waals surface area contributed by atoms with Gasteiger partial charge < -0.3 is 14.7 Å². The Morgan fingerprint density at radius 3 is 3.20 bits per heavy atom. The molecule has 4 nitrogen and oxygen atoms in total. The van der Waals surface area contributed by atoms with Gasteiger partial charge in [-0.3, -0.25) is 0 Å². The second-order valence-electron chi connectivity index (χ2n) is 3.77. The van der Waals surface area contributed by atoms with Gasteiger partial charge in [-0.05, 0) is 25.0 Å². The molecule has 1 aliphatic heterocycles. The van der Waals surface area contributed by atoms with Crippen molar-refractivity contribution in [2.45, 2.75) is 18.9 Å². The first-order valence-corrected chi connectivity index (χ1v) is 5.23. The first-order valence-electron chi connectivity index (χ1n) is 5.23. The number of pyridine rings is 1. The van der Waals surface area contributed by atoms with Crippen molar-refractivity contribution in [3.8, 4) is 5.75 Å². The van der Waals surface area contributed by atoms with E-state index in [2.05, 4.69) is 9.88 Å². The van der Waals surface area contributed by atoms with Crippen molar-refractivity contribution in [2.24, 2.45) is 0 Å². The van der Waals surface area contributed by atoms with Crippen molar-refractivity contribution in [1.29, 1.82) is 0 Å². The minimum absolute atomic E-state index is 0.245. The highest BCUT2D eigenvalue weighted by Crippen LogP contribution is 2.27. The predicted molar refractivity (Wildman–Crippen MR) is 58.2 cm³/mol. The van der Waals surface area contributed by atoms with Crippen LogP contribution in [0.2, 0.25) is 0 Å². The minimum atomic E-state index is -0.245. The van der Waals surface area contributed by atoms with Gasteiger partial charge in [-0.15, -0.1) is 0 Å². The summed E-state index contributed by atoms with van der Waals surface area (Å²) < 4.78 is 5.25. The van der Waals surface area contributed by atoms with Crippen molar-refractivity contribution in [1.82, 2.24) is 4.98 Å². The number of piperidine rings is 1. The molecule has 2 heterocycles. The van der Waals surface area contributed by atoms with E-state index in [1.54, 1.807) is 13.3 Å². The number of methoxy groups -OCH3 is 1. The van der Waals surface area contributed by atoms with E-state index in [1.165, 1.54) is 0 Å². The number of β-amino-alcohol motifs (C(OH)–C–C–N with tert-alkyl or cyclic N) is 1. The van der Waals surface area contributed by atoms with E-state index in [9.17, 15) is 5.11 Å². The van der Waals surface area contributed by atoms with Gasteiger partial charge in [0.2, 0.25) is 0 Å². The van der Waals surface area contributed by atoms with Gasteiger partial charge in [0.25, 0.3) is 0 Å². The van der Waals surface area contributed by atoms with Crippen LogP contribution in [0.25, 0.3) is 0 Å². The van der Waals surface area contributed by atoms with Crippen LogP contribution >= 0.6 is 0 Å². The van der Waals surface area contributed by atoms with Crippen LogP contribution in [0.5, 0.6) is 5.75 Å². The summed E-state index contributed by atoms with van der Waals surface area (Å²) in [4.78, 5) is 6.37. The van der Waals surface area contributed by atoms with Crippen LogP contribution in [-0.4, -0.2) is 36.4 Å². The number of ether oxygens (including phenoxy) is 1. The van der Waals surface area contributed by atoms with Crippen LogP contribution in [0.1, 0.15) is 12.8 Å². The second-order valence-corrected chi connectivity index (χ2v) is 3.77. The van der Waals surface area contributed by atoms with Crippen LogP contribution < -0.4 is 9.64 Å². The molecule has 1 atom stereocenters. The minimum Gasteiger partial charge on any atom is -0.493 e. The first-order chi connectivity index (χ1) is 7.31.